The largest absolute Gasteiger partial charge is 0.490 e. The maximum atomic E-state index is 9.71. The summed E-state index contributed by atoms with van der Waals surface area (Å²) < 4.78 is 5.89. The van der Waals surface area contributed by atoms with Crippen molar-refractivity contribution in [3.8, 4) is 5.75 Å². The zero-order valence-electron chi connectivity index (χ0n) is 10.1. The smallest absolute Gasteiger partial charge is 0.120 e. The fraction of sp³-hybridized carbons (Fsp3) is 0.571. The van der Waals surface area contributed by atoms with Gasteiger partial charge in [-0.1, -0.05) is 19.9 Å². The zero-order valence-corrected chi connectivity index (χ0v) is 10.1. The van der Waals surface area contributed by atoms with Crippen molar-refractivity contribution in [3.05, 3.63) is 29.3 Å². The summed E-state index contributed by atoms with van der Waals surface area (Å²) in [4.78, 5) is 0. The number of aryl methyl sites for hydroxylation is 1. The van der Waals surface area contributed by atoms with Crippen LogP contribution in [-0.4, -0.2) is 11.2 Å². The molecule has 0 saturated heterocycles. The number of aliphatic hydroxyl groups is 1. The summed E-state index contributed by atoms with van der Waals surface area (Å²) in [5, 5.41) is 9.71. The maximum absolute atomic E-state index is 9.71. The second kappa shape index (κ2) is 4.88. The second-order valence-corrected chi connectivity index (χ2v) is 4.47. The first-order valence-electron chi connectivity index (χ1n) is 6.22. The van der Waals surface area contributed by atoms with Crippen molar-refractivity contribution < 1.29 is 9.84 Å². The summed E-state index contributed by atoms with van der Waals surface area (Å²) in [7, 11) is 0. The third-order valence-corrected chi connectivity index (χ3v) is 3.37. The van der Waals surface area contributed by atoms with E-state index in [0.29, 0.717) is 6.10 Å². The molecule has 0 saturated carbocycles. The molecule has 1 aromatic rings. The molecule has 0 aliphatic heterocycles. The van der Waals surface area contributed by atoms with Crippen molar-refractivity contribution in [2.24, 2.45) is 0 Å². The van der Waals surface area contributed by atoms with Crippen molar-refractivity contribution in [1.29, 1.82) is 0 Å². The van der Waals surface area contributed by atoms with Crippen molar-refractivity contribution in [2.45, 2.75) is 51.7 Å². The van der Waals surface area contributed by atoms with Crippen LogP contribution < -0.4 is 4.74 Å². The van der Waals surface area contributed by atoms with E-state index in [0.717, 1.165) is 37.0 Å². The third kappa shape index (κ3) is 2.22. The molecule has 0 radical (unpaired) electrons. The van der Waals surface area contributed by atoms with Gasteiger partial charge in [0.15, 0.2) is 0 Å². The molecular formula is C14H20O2. The molecule has 0 spiro atoms. The van der Waals surface area contributed by atoms with Crippen LogP contribution in [0.5, 0.6) is 5.75 Å². The van der Waals surface area contributed by atoms with Gasteiger partial charge in [-0.25, -0.2) is 0 Å². The second-order valence-electron chi connectivity index (χ2n) is 4.47. The van der Waals surface area contributed by atoms with Crippen LogP contribution >= 0.6 is 0 Å². The molecule has 0 aromatic heterocycles. The molecule has 1 atom stereocenters. The Morgan fingerprint density at radius 3 is 2.81 bits per heavy atom. The van der Waals surface area contributed by atoms with Crippen LogP contribution in [-0.2, 0) is 6.42 Å². The summed E-state index contributed by atoms with van der Waals surface area (Å²) in [6.07, 6.45) is 3.94. The van der Waals surface area contributed by atoms with Gasteiger partial charge in [-0.15, -0.1) is 0 Å². The van der Waals surface area contributed by atoms with Gasteiger partial charge >= 0.3 is 0 Å². The average molecular weight is 220 g/mol. The Morgan fingerprint density at radius 2 is 2.12 bits per heavy atom. The zero-order chi connectivity index (χ0) is 11.5. The highest BCUT2D eigenvalue weighted by Crippen LogP contribution is 2.33. The minimum atomic E-state index is -0.266. The monoisotopic (exact) mass is 220 g/mol. The standard InChI is InChI=1S/C14H20O2/c1-3-11(4-2)16-12-6-7-13-10(9-12)5-8-14(13)15/h6-7,9,11,14-15H,3-5,8H2,1-2H3/t14-/m0/s1. The van der Waals surface area contributed by atoms with E-state index < -0.39 is 0 Å². The molecule has 0 bridgehead atoms. The van der Waals surface area contributed by atoms with E-state index in [9.17, 15) is 5.11 Å². The Balaban J connectivity index is 2.13. The summed E-state index contributed by atoms with van der Waals surface area (Å²) in [6.45, 7) is 4.29. The van der Waals surface area contributed by atoms with Gasteiger partial charge in [0.25, 0.3) is 0 Å². The first-order chi connectivity index (χ1) is 7.74. The van der Waals surface area contributed by atoms with Crippen molar-refractivity contribution in [2.75, 3.05) is 0 Å². The summed E-state index contributed by atoms with van der Waals surface area (Å²) >= 11 is 0. The highest BCUT2D eigenvalue weighted by Gasteiger charge is 2.20. The van der Waals surface area contributed by atoms with Gasteiger partial charge in [0.1, 0.15) is 5.75 Å². The fourth-order valence-electron chi connectivity index (χ4n) is 2.29. The highest BCUT2D eigenvalue weighted by atomic mass is 16.5. The van der Waals surface area contributed by atoms with Gasteiger partial charge in [-0.3, -0.25) is 0 Å². The fourth-order valence-corrected chi connectivity index (χ4v) is 2.29. The molecule has 1 aromatic carbocycles. The van der Waals surface area contributed by atoms with Crippen molar-refractivity contribution in [1.82, 2.24) is 0 Å². The Hall–Kier alpha value is -1.02. The molecule has 16 heavy (non-hydrogen) atoms. The minimum Gasteiger partial charge on any atom is -0.490 e. The third-order valence-electron chi connectivity index (χ3n) is 3.37. The van der Waals surface area contributed by atoms with Crippen LogP contribution in [0.4, 0.5) is 0 Å². The van der Waals surface area contributed by atoms with E-state index in [4.69, 9.17) is 4.74 Å². The maximum Gasteiger partial charge on any atom is 0.120 e. The number of hydrogen-bond acceptors (Lipinski definition) is 2. The Kier molecular flexibility index (Phi) is 3.49. The summed E-state index contributed by atoms with van der Waals surface area (Å²) in [5.74, 6) is 0.946. The van der Waals surface area contributed by atoms with E-state index in [-0.39, 0.29) is 6.10 Å². The van der Waals surface area contributed by atoms with E-state index >= 15 is 0 Å². The first kappa shape index (κ1) is 11.5. The van der Waals surface area contributed by atoms with E-state index in [1.54, 1.807) is 0 Å². The Labute approximate surface area is 97.3 Å². The number of benzene rings is 1. The predicted molar refractivity (Wildman–Crippen MR) is 64.7 cm³/mol. The lowest BCUT2D eigenvalue weighted by molar-refractivity contribution is 0.179. The molecule has 1 aliphatic carbocycles. The molecule has 1 aliphatic rings. The number of hydrogen-bond donors (Lipinski definition) is 1. The van der Waals surface area contributed by atoms with Crippen LogP contribution in [0.2, 0.25) is 0 Å². The lowest BCUT2D eigenvalue weighted by atomic mass is 10.1. The van der Waals surface area contributed by atoms with Crippen molar-refractivity contribution >= 4 is 0 Å². The molecule has 1 N–H and O–H groups in total. The van der Waals surface area contributed by atoms with Crippen LogP contribution in [0.25, 0.3) is 0 Å². The molecule has 0 fully saturated rings. The van der Waals surface area contributed by atoms with Crippen LogP contribution in [0.15, 0.2) is 18.2 Å². The molecule has 2 heteroatoms. The van der Waals surface area contributed by atoms with E-state index in [2.05, 4.69) is 19.9 Å². The van der Waals surface area contributed by atoms with Gasteiger partial charge < -0.3 is 9.84 Å². The van der Waals surface area contributed by atoms with Gasteiger partial charge in [0.2, 0.25) is 0 Å². The number of rotatable bonds is 4. The van der Waals surface area contributed by atoms with Crippen LogP contribution in [0.3, 0.4) is 0 Å². The highest BCUT2D eigenvalue weighted by molar-refractivity contribution is 5.39. The van der Waals surface area contributed by atoms with Crippen molar-refractivity contribution in [3.63, 3.8) is 0 Å². The van der Waals surface area contributed by atoms with Gasteiger partial charge in [0.05, 0.1) is 12.2 Å². The molecule has 0 amide bonds. The molecule has 0 heterocycles. The topological polar surface area (TPSA) is 29.5 Å². The molecule has 2 nitrogen and oxygen atoms in total. The van der Waals surface area contributed by atoms with Crippen LogP contribution in [0, 0.1) is 0 Å². The SMILES string of the molecule is CCC(CC)Oc1ccc2c(c1)CC[C@@H]2O. The summed E-state index contributed by atoms with van der Waals surface area (Å²) in [6, 6.07) is 6.07. The van der Waals surface area contributed by atoms with E-state index in [1.807, 2.05) is 12.1 Å². The number of fused-ring (bicyclic) bond motifs is 1. The van der Waals surface area contributed by atoms with Gasteiger partial charge in [-0.05, 0) is 48.9 Å². The normalized spacial score (nSPS) is 18.9. The number of aliphatic hydroxyl groups excluding tert-OH is 1. The minimum absolute atomic E-state index is 0.266. The van der Waals surface area contributed by atoms with Gasteiger partial charge in [-0.2, -0.15) is 0 Å². The van der Waals surface area contributed by atoms with E-state index in [1.165, 1.54) is 5.56 Å². The average Bonchev–Trinajstić information content (AvgIpc) is 2.68. The van der Waals surface area contributed by atoms with Crippen LogP contribution in [0.1, 0.15) is 50.3 Å². The lowest BCUT2D eigenvalue weighted by Gasteiger charge is -2.16. The molecule has 88 valence electrons. The Bertz CT molecular complexity index is 356. The number of ether oxygens (including phenoxy) is 1. The quantitative estimate of drug-likeness (QED) is 0.844. The van der Waals surface area contributed by atoms with Gasteiger partial charge in [0, 0.05) is 0 Å². The predicted octanol–water partition coefficient (Wildman–Crippen LogP) is 3.23. The first-order valence-corrected chi connectivity index (χ1v) is 6.22. The Morgan fingerprint density at radius 1 is 1.38 bits per heavy atom. The summed E-state index contributed by atoms with van der Waals surface area (Å²) in [5.41, 5.74) is 2.33. The molecule has 0 unspecified atom stereocenters. The molecular weight excluding hydrogens is 200 g/mol. The lowest BCUT2D eigenvalue weighted by Crippen LogP contribution is -2.13. The molecule has 2 rings (SSSR count).